The van der Waals surface area contributed by atoms with Crippen LogP contribution < -0.4 is 14.8 Å². The highest BCUT2D eigenvalue weighted by Gasteiger charge is 2.24. The molecule has 0 saturated carbocycles. The van der Waals surface area contributed by atoms with Crippen LogP contribution >= 0.6 is 11.6 Å². The molecule has 6 nitrogen and oxygen atoms in total. The topological polar surface area (TPSA) is 73.9 Å². The third-order valence-corrected chi connectivity index (χ3v) is 3.78. The summed E-state index contributed by atoms with van der Waals surface area (Å²) in [7, 11) is 0. The van der Waals surface area contributed by atoms with Crippen LogP contribution in [-0.4, -0.2) is 24.8 Å². The van der Waals surface area contributed by atoms with Crippen molar-refractivity contribution in [1.29, 1.82) is 0 Å². The second-order valence-corrected chi connectivity index (χ2v) is 5.76. The summed E-state index contributed by atoms with van der Waals surface area (Å²) in [6.07, 6.45) is -1.27. The number of carbonyl (C=O) groups excluding carboxylic acids is 2. The molecule has 136 valence electrons. The average Bonchev–Trinajstić information content (AvgIpc) is 3.07. The number of hydrogen-bond acceptors (Lipinski definition) is 5. The number of fused-ring (bicyclic) bond motifs is 1. The molecule has 0 fully saturated rings. The zero-order valence-corrected chi connectivity index (χ0v) is 14.1. The molecule has 0 saturated heterocycles. The van der Waals surface area contributed by atoms with Gasteiger partial charge in [-0.25, -0.2) is 13.6 Å². The summed E-state index contributed by atoms with van der Waals surface area (Å²) in [5, 5.41) is 2.32. The van der Waals surface area contributed by atoms with Gasteiger partial charge in [0, 0.05) is 6.07 Å². The first-order valence-corrected chi connectivity index (χ1v) is 7.79. The number of carbonyl (C=O) groups is 2. The van der Waals surface area contributed by atoms with E-state index in [2.05, 4.69) is 5.32 Å². The largest absolute Gasteiger partial charge is 0.454 e. The zero-order valence-electron chi connectivity index (χ0n) is 13.3. The van der Waals surface area contributed by atoms with E-state index >= 15 is 0 Å². The number of rotatable bonds is 4. The molecular formula is C17H12ClF2NO5. The van der Waals surface area contributed by atoms with Crippen molar-refractivity contribution in [3.8, 4) is 11.5 Å². The first-order valence-electron chi connectivity index (χ1n) is 7.41. The molecule has 1 amide bonds. The second kappa shape index (κ2) is 7.17. The Morgan fingerprint density at radius 1 is 1.23 bits per heavy atom. The van der Waals surface area contributed by atoms with Crippen LogP contribution in [0.1, 0.15) is 17.3 Å². The lowest BCUT2D eigenvalue weighted by Crippen LogP contribution is -2.30. The number of benzene rings is 2. The van der Waals surface area contributed by atoms with E-state index in [1.165, 1.54) is 19.1 Å². The van der Waals surface area contributed by atoms with Crippen LogP contribution in [-0.2, 0) is 9.53 Å². The molecule has 0 radical (unpaired) electrons. The van der Waals surface area contributed by atoms with Crippen molar-refractivity contribution >= 4 is 29.2 Å². The third-order valence-electron chi connectivity index (χ3n) is 3.50. The van der Waals surface area contributed by atoms with Crippen LogP contribution in [0, 0.1) is 11.6 Å². The molecule has 0 bridgehead atoms. The van der Waals surface area contributed by atoms with Gasteiger partial charge in [-0.1, -0.05) is 11.6 Å². The van der Waals surface area contributed by atoms with Gasteiger partial charge in [-0.2, -0.15) is 0 Å². The first-order chi connectivity index (χ1) is 12.3. The maximum atomic E-state index is 13.6. The first kappa shape index (κ1) is 17.9. The highest BCUT2D eigenvalue weighted by atomic mass is 35.5. The second-order valence-electron chi connectivity index (χ2n) is 5.35. The predicted octanol–water partition coefficient (Wildman–Crippen LogP) is 3.53. The fourth-order valence-corrected chi connectivity index (χ4v) is 2.46. The maximum Gasteiger partial charge on any atom is 0.339 e. The molecule has 0 unspecified atom stereocenters. The Morgan fingerprint density at radius 3 is 2.77 bits per heavy atom. The van der Waals surface area contributed by atoms with Gasteiger partial charge in [0.05, 0.1) is 16.3 Å². The van der Waals surface area contributed by atoms with Crippen molar-refractivity contribution in [3.05, 3.63) is 52.6 Å². The summed E-state index contributed by atoms with van der Waals surface area (Å²) in [6.45, 7) is 1.27. The number of amides is 1. The van der Waals surface area contributed by atoms with Gasteiger partial charge in [0.15, 0.2) is 17.6 Å². The van der Waals surface area contributed by atoms with E-state index in [9.17, 15) is 18.4 Å². The van der Waals surface area contributed by atoms with Crippen LogP contribution in [0.5, 0.6) is 11.5 Å². The van der Waals surface area contributed by atoms with E-state index in [-0.39, 0.29) is 28.8 Å². The van der Waals surface area contributed by atoms with E-state index in [4.69, 9.17) is 25.8 Å². The van der Waals surface area contributed by atoms with Gasteiger partial charge in [-0.15, -0.1) is 0 Å². The Morgan fingerprint density at radius 2 is 2.00 bits per heavy atom. The molecule has 2 aromatic carbocycles. The molecule has 0 spiro atoms. The number of esters is 1. The van der Waals surface area contributed by atoms with Crippen molar-refractivity contribution in [3.63, 3.8) is 0 Å². The number of halogens is 3. The summed E-state index contributed by atoms with van der Waals surface area (Å²) in [4.78, 5) is 24.2. The van der Waals surface area contributed by atoms with E-state index in [0.29, 0.717) is 5.75 Å². The van der Waals surface area contributed by atoms with Crippen molar-refractivity contribution < 1.29 is 32.6 Å². The van der Waals surface area contributed by atoms with Gasteiger partial charge in [-0.3, -0.25) is 4.79 Å². The molecule has 3 rings (SSSR count). The molecule has 1 atom stereocenters. The lowest BCUT2D eigenvalue weighted by Gasteiger charge is -2.14. The molecule has 1 aliphatic rings. The minimum absolute atomic E-state index is 0.0223. The molecular weight excluding hydrogens is 372 g/mol. The average molecular weight is 384 g/mol. The Hall–Kier alpha value is -2.87. The number of anilines is 1. The van der Waals surface area contributed by atoms with E-state index in [1.54, 1.807) is 0 Å². The molecule has 0 aliphatic carbocycles. The Kier molecular flexibility index (Phi) is 4.94. The van der Waals surface area contributed by atoms with Crippen molar-refractivity contribution in [2.24, 2.45) is 0 Å². The minimum Gasteiger partial charge on any atom is -0.454 e. The highest BCUT2D eigenvalue weighted by molar-refractivity contribution is 6.32. The number of hydrogen-bond donors (Lipinski definition) is 1. The Bertz CT molecular complexity index is 890. The zero-order chi connectivity index (χ0) is 18.8. The standard InChI is InChI=1S/C17H12ClF2NO5/c1-8(16(22)21-13-6-10(19)2-3-12(13)20)26-17(23)9-4-11(18)15-14(5-9)24-7-25-15/h2-6,8H,7H2,1H3,(H,21,22)/t8-/m0/s1. The van der Waals surface area contributed by atoms with Gasteiger partial charge in [0.2, 0.25) is 6.79 Å². The summed E-state index contributed by atoms with van der Waals surface area (Å²) < 4.78 is 42.0. The van der Waals surface area contributed by atoms with Gasteiger partial charge >= 0.3 is 5.97 Å². The lowest BCUT2D eigenvalue weighted by molar-refractivity contribution is -0.123. The van der Waals surface area contributed by atoms with Crippen LogP contribution in [0.25, 0.3) is 0 Å². The molecule has 0 aromatic heterocycles. The predicted molar refractivity (Wildman–Crippen MR) is 87.4 cm³/mol. The van der Waals surface area contributed by atoms with Crippen LogP contribution in [0.4, 0.5) is 14.5 Å². The van der Waals surface area contributed by atoms with E-state index < -0.39 is 29.6 Å². The smallest absolute Gasteiger partial charge is 0.339 e. The van der Waals surface area contributed by atoms with E-state index in [1.807, 2.05) is 0 Å². The van der Waals surface area contributed by atoms with Crippen molar-refractivity contribution in [2.75, 3.05) is 12.1 Å². The van der Waals surface area contributed by atoms with Gasteiger partial charge in [0.1, 0.15) is 11.6 Å². The van der Waals surface area contributed by atoms with Gasteiger partial charge < -0.3 is 19.5 Å². The molecule has 1 N–H and O–H groups in total. The number of nitrogens with one attached hydrogen (secondary N) is 1. The highest BCUT2D eigenvalue weighted by Crippen LogP contribution is 2.39. The molecule has 26 heavy (non-hydrogen) atoms. The van der Waals surface area contributed by atoms with Gasteiger partial charge in [-0.05, 0) is 31.2 Å². The number of ether oxygens (including phenoxy) is 3. The minimum atomic E-state index is -1.27. The summed E-state index contributed by atoms with van der Waals surface area (Å²) in [6, 6.07) is 5.29. The molecule has 1 heterocycles. The summed E-state index contributed by atoms with van der Waals surface area (Å²) in [5.74, 6) is -2.61. The normalized spacial score (nSPS) is 13.2. The van der Waals surface area contributed by atoms with Crippen LogP contribution in [0.2, 0.25) is 5.02 Å². The molecule has 9 heteroatoms. The Balaban J connectivity index is 1.68. The van der Waals surface area contributed by atoms with E-state index in [0.717, 1.165) is 18.2 Å². The monoisotopic (exact) mass is 383 g/mol. The van der Waals surface area contributed by atoms with Crippen molar-refractivity contribution in [2.45, 2.75) is 13.0 Å². The van der Waals surface area contributed by atoms with Crippen molar-refractivity contribution in [1.82, 2.24) is 0 Å². The maximum absolute atomic E-state index is 13.6. The van der Waals surface area contributed by atoms with Crippen LogP contribution in [0.3, 0.4) is 0 Å². The molecule has 1 aliphatic heterocycles. The SMILES string of the molecule is C[C@H](OC(=O)c1cc(Cl)c2c(c1)OCO2)C(=O)Nc1cc(F)ccc1F. The Labute approximate surface area is 151 Å². The fourth-order valence-electron chi connectivity index (χ4n) is 2.19. The summed E-state index contributed by atoms with van der Waals surface area (Å²) in [5.41, 5.74) is -0.306. The quantitative estimate of drug-likeness (QED) is 0.818. The van der Waals surface area contributed by atoms with Crippen LogP contribution in [0.15, 0.2) is 30.3 Å². The third kappa shape index (κ3) is 3.70. The fraction of sp³-hybridized carbons (Fsp3) is 0.176. The van der Waals surface area contributed by atoms with Gasteiger partial charge in [0.25, 0.3) is 5.91 Å². The lowest BCUT2D eigenvalue weighted by atomic mass is 10.2. The summed E-state index contributed by atoms with van der Waals surface area (Å²) >= 11 is 5.99. The molecule has 2 aromatic rings.